The van der Waals surface area contributed by atoms with Crippen LogP contribution in [0.15, 0.2) is 146 Å². The average Bonchev–Trinajstić information content (AvgIpc) is 3.37. The number of hydrogen-bond donors (Lipinski definition) is 0. The molecule has 0 N–H and O–H groups in total. The molecule has 0 unspecified atom stereocenters. The van der Waals surface area contributed by atoms with Gasteiger partial charge in [0.05, 0.1) is 5.41 Å². The van der Waals surface area contributed by atoms with Gasteiger partial charge in [0, 0.05) is 11.1 Å². The van der Waals surface area contributed by atoms with Crippen molar-refractivity contribution in [3.8, 4) is 22.6 Å². The van der Waals surface area contributed by atoms with E-state index in [-0.39, 0.29) is 0 Å². The van der Waals surface area contributed by atoms with E-state index in [4.69, 9.17) is 9.47 Å². The predicted molar refractivity (Wildman–Crippen MR) is 180 cm³/mol. The molecule has 0 amide bonds. The minimum atomic E-state index is -0.730. The number of hydrogen-bond acceptors (Lipinski definition) is 4. The number of carbonyl (C=O) groups excluding carboxylic acids is 2. The molecule has 218 valence electrons. The van der Waals surface area contributed by atoms with Gasteiger partial charge in [-0.25, -0.2) is 9.59 Å². The van der Waals surface area contributed by atoms with Crippen molar-refractivity contribution in [2.45, 2.75) is 19.3 Å². The maximum absolute atomic E-state index is 12.3. The van der Waals surface area contributed by atoms with Crippen LogP contribution in [0.4, 0.5) is 0 Å². The third-order valence-electron chi connectivity index (χ3n) is 8.61. The van der Waals surface area contributed by atoms with Gasteiger partial charge in [-0.3, -0.25) is 0 Å². The number of carbonyl (C=O) groups is 2. The molecular formula is C41H30O4. The third kappa shape index (κ3) is 4.46. The first-order valence-electron chi connectivity index (χ1n) is 14.8. The Bertz CT molecular complexity index is 2030. The van der Waals surface area contributed by atoms with Crippen LogP contribution >= 0.6 is 0 Å². The molecule has 0 saturated carbocycles. The second-order valence-electron chi connectivity index (χ2n) is 11.6. The fraction of sp³-hybridized carbons (Fsp3) is 0.0732. The molecule has 0 radical (unpaired) electrons. The smallest absolute Gasteiger partial charge is 0.338 e. The van der Waals surface area contributed by atoms with Crippen molar-refractivity contribution in [2.75, 3.05) is 0 Å². The summed E-state index contributed by atoms with van der Waals surface area (Å²) in [5, 5.41) is 4.67. The van der Waals surface area contributed by atoms with Gasteiger partial charge in [0.1, 0.15) is 11.5 Å². The Balaban J connectivity index is 1.54. The average molecular weight is 587 g/mol. The van der Waals surface area contributed by atoms with Crippen molar-refractivity contribution in [2.24, 2.45) is 0 Å². The molecule has 1 aliphatic carbocycles. The topological polar surface area (TPSA) is 52.6 Å². The number of benzene rings is 6. The van der Waals surface area contributed by atoms with Gasteiger partial charge in [-0.2, -0.15) is 0 Å². The molecule has 4 heteroatoms. The Hall–Kier alpha value is -5.74. The van der Waals surface area contributed by atoms with E-state index in [1.165, 1.54) is 21.9 Å². The Labute approximate surface area is 261 Å². The number of esters is 2. The summed E-state index contributed by atoms with van der Waals surface area (Å²) in [6.07, 6.45) is 0. The van der Waals surface area contributed by atoms with E-state index in [9.17, 15) is 9.59 Å². The SMILES string of the molecule is C=C(C)C(=O)Oc1ccc(C2(c3ccc(OC(=O)C(=C)C)cc3)c3ccc4ccccc4c3-c3c2ccc2ccccc32)cc1. The van der Waals surface area contributed by atoms with Crippen molar-refractivity contribution in [3.05, 3.63) is 168 Å². The van der Waals surface area contributed by atoms with Gasteiger partial charge in [0.15, 0.2) is 0 Å². The van der Waals surface area contributed by atoms with E-state index in [0.717, 1.165) is 33.0 Å². The molecule has 0 bridgehead atoms. The highest BCUT2D eigenvalue weighted by Crippen LogP contribution is 2.59. The van der Waals surface area contributed by atoms with Crippen LogP contribution in [0.5, 0.6) is 11.5 Å². The Morgan fingerprint density at radius 3 is 1.27 bits per heavy atom. The highest BCUT2D eigenvalue weighted by Gasteiger charge is 2.47. The molecule has 45 heavy (non-hydrogen) atoms. The van der Waals surface area contributed by atoms with Crippen LogP contribution in [-0.4, -0.2) is 11.9 Å². The Morgan fingerprint density at radius 1 is 0.511 bits per heavy atom. The summed E-state index contributed by atoms with van der Waals surface area (Å²) in [6, 6.07) is 41.3. The van der Waals surface area contributed by atoms with Crippen molar-refractivity contribution >= 4 is 33.5 Å². The van der Waals surface area contributed by atoms with E-state index in [1.807, 2.05) is 48.5 Å². The maximum atomic E-state index is 12.3. The summed E-state index contributed by atoms with van der Waals surface area (Å²) in [5.74, 6) is -0.0439. The molecular weight excluding hydrogens is 556 g/mol. The second-order valence-corrected chi connectivity index (χ2v) is 11.6. The molecule has 0 atom stereocenters. The van der Waals surface area contributed by atoms with Crippen molar-refractivity contribution < 1.29 is 19.1 Å². The summed E-state index contributed by atoms with van der Waals surface area (Å²) in [7, 11) is 0. The second kappa shape index (κ2) is 10.8. The molecule has 0 heterocycles. The Kier molecular flexibility index (Phi) is 6.71. The first-order valence-corrected chi connectivity index (χ1v) is 14.8. The fourth-order valence-corrected chi connectivity index (χ4v) is 6.57. The van der Waals surface area contributed by atoms with Crippen LogP contribution in [-0.2, 0) is 15.0 Å². The van der Waals surface area contributed by atoms with Crippen LogP contribution in [0.2, 0.25) is 0 Å². The summed E-state index contributed by atoms with van der Waals surface area (Å²) >= 11 is 0. The van der Waals surface area contributed by atoms with Crippen LogP contribution in [0, 0.1) is 0 Å². The monoisotopic (exact) mass is 586 g/mol. The largest absolute Gasteiger partial charge is 0.423 e. The highest BCUT2D eigenvalue weighted by molar-refractivity contribution is 6.12. The molecule has 4 nitrogen and oxygen atoms in total. The molecule has 1 aliphatic rings. The summed E-state index contributed by atoms with van der Waals surface area (Å²) in [6.45, 7) is 10.7. The lowest BCUT2D eigenvalue weighted by molar-refractivity contribution is -0.130. The lowest BCUT2D eigenvalue weighted by Crippen LogP contribution is -2.28. The summed E-state index contributed by atoms with van der Waals surface area (Å²) < 4.78 is 11.1. The lowest BCUT2D eigenvalue weighted by atomic mass is 9.67. The summed E-state index contributed by atoms with van der Waals surface area (Å²) in [5.41, 5.74) is 6.63. The first kappa shape index (κ1) is 28.1. The summed E-state index contributed by atoms with van der Waals surface area (Å²) in [4.78, 5) is 24.6. The van der Waals surface area contributed by atoms with Crippen molar-refractivity contribution in [1.29, 1.82) is 0 Å². The van der Waals surface area contributed by atoms with Crippen molar-refractivity contribution in [3.63, 3.8) is 0 Å². The lowest BCUT2D eigenvalue weighted by Gasteiger charge is -2.34. The first-order chi connectivity index (χ1) is 21.8. The zero-order chi connectivity index (χ0) is 31.3. The third-order valence-corrected chi connectivity index (χ3v) is 8.61. The molecule has 7 rings (SSSR count). The number of fused-ring (bicyclic) bond motifs is 7. The maximum Gasteiger partial charge on any atom is 0.338 e. The quantitative estimate of drug-likeness (QED) is 0.111. The van der Waals surface area contributed by atoms with Gasteiger partial charge >= 0.3 is 11.9 Å². The standard InChI is InChI=1S/C41H30O4/c1-25(2)39(42)44-31-19-15-29(16-20-31)41(30-17-21-32(22-18-30)45-40(43)26(3)4)35-23-13-27-9-5-7-11-33(27)37(35)38-34-12-8-6-10-28(34)14-24-36(38)41/h5-24H,1,3H2,2,4H3. The van der Waals surface area contributed by atoms with Gasteiger partial charge in [0.25, 0.3) is 0 Å². The molecule has 0 fully saturated rings. The normalized spacial score (nSPS) is 12.8. The van der Waals surface area contributed by atoms with Crippen LogP contribution < -0.4 is 9.47 Å². The van der Waals surface area contributed by atoms with E-state index in [1.54, 1.807) is 13.8 Å². The molecule has 6 aromatic carbocycles. The van der Waals surface area contributed by atoms with Gasteiger partial charge in [-0.05, 0) is 93.0 Å². The number of ether oxygens (including phenoxy) is 2. The van der Waals surface area contributed by atoms with Crippen LogP contribution in [0.3, 0.4) is 0 Å². The zero-order valence-electron chi connectivity index (χ0n) is 25.1. The molecule has 0 spiro atoms. The van der Waals surface area contributed by atoms with Crippen molar-refractivity contribution in [1.82, 2.24) is 0 Å². The zero-order valence-corrected chi connectivity index (χ0v) is 25.1. The van der Waals surface area contributed by atoms with Gasteiger partial charge in [-0.1, -0.05) is 110 Å². The molecule has 6 aromatic rings. The van der Waals surface area contributed by atoms with E-state index < -0.39 is 17.4 Å². The number of rotatable bonds is 6. The van der Waals surface area contributed by atoms with Gasteiger partial charge in [-0.15, -0.1) is 0 Å². The minimum Gasteiger partial charge on any atom is -0.423 e. The molecule has 0 aliphatic heterocycles. The fourth-order valence-electron chi connectivity index (χ4n) is 6.57. The Morgan fingerprint density at radius 2 is 0.889 bits per heavy atom. The van der Waals surface area contributed by atoms with E-state index in [0.29, 0.717) is 22.6 Å². The van der Waals surface area contributed by atoms with Crippen LogP contribution in [0.1, 0.15) is 36.1 Å². The van der Waals surface area contributed by atoms with E-state index >= 15 is 0 Å². The van der Waals surface area contributed by atoms with Gasteiger partial charge < -0.3 is 9.47 Å². The molecule has 0 saturated heterocycles. The van der Waals surface area contributed by atoms with E-state index in [2.05, 4.69) is 86.0 Å². The van der Waals surface area contributed by atoms with Crippen LogP contribution in [0.25, 0.3) is 32.7 Å². The molecule has 0 aromatic heterocycles. The predicted octanol–water partition coefficient (Wildman–Crippen LogP) is 9.32. The minimum absolute atomic E-state index is 0.334. The highest BCUT2D eigenvalue weighted by atomic mass is 16.5. The van der Waals surface area contributed by atoms with Gasteiger partial charge in [0.2, 0.25) is 0 Å².